The molecule has 26 heavy (non-hydrogen) atoms. The van der Waals surface area contributed by atoms with Crippen LogP contribution in [0.15, 0.2) is 12.3 Å². The highest BCUT2D eigenvalue weighted by Gasteiger charge is 2.35. The summed E-state index contributed by atoms with van der Waals surface area (Å²) in [5.74, 6) is 0.523. The maximum atomic E-state index is 12.8. The lowest BCUT2D eigenvalue weighted by Crippen LogP contribution is -2.55. The number of amides is 1. The molecule has 2 saturated heterocycles. The molecular formula is C16H24ClN5O3S. The molecule has 1 aromatic heterocycles. The molecule has 144 valence electrons. The van der Waals surface area contributed by atoms with E-state index in [4.69, 9.17) is 17.3 Å². The van der Waals surface area contributed by atoms with Crippen molar-refractivity contribution in [3.8, 4) is 0 Å². The van der Waals surface area contributed by atoms with Crippen molar-refractivity contribution >= 4 is 33.5 Å². The van der Waals surface area contributed by atoms with E-state index < -0.39 is 10.2 Å². The normalized spacial score (nSPS) is 21.1. The zero-order chi connectivity index (χ0) is 18.9. The maximum absolute atomic E-state index is 12.8. The standard InChI is InChI=1S/C16H24ClN5O3S/c1-12-2-4-21(5-3-12)26(24,25)22-8-6-20(7-9-22)16(23)13-10-14(17)15(18)19-11-13/h10-12H,2-9H2,1H3,(H2,18,19). The van der Waals surface area contributed by atoms with Gasteiger partial charge in [0.05, 0.1) is 10.6 Å². The molecule has 1 aromatic rings. The average molecular weight is 402 g/mol. The molecule has 0 spiro atoms. The predicted molar refractivity (Wildman–Crippen MR) is 100 cm³/mol. The molecule has 0 saturated carbocycles. The van der Waals surface area contributed by atoms with Crippen LogP contribution >= 0.6 is 11.6 Å². The SMILES string of the molecule is CC1CCN(S(=O)(=O)N2CCN(C(=O)c3cnc(N)c(Cl)c3)CC2)CC1. The van der Waals surface area contributed by atoms with Crippen LogP contribution in [0.5, 0.6) is 0 Å². The summed E-state index contributed by atoms with van der Waals surface area (Å²) in [7, 11) is -3.46. The number of aromatic nitrogens is 1. The van der Waals surface area contributed by atoms with Gasteiger partial charge in [0, 0.05) is 45.5 Å². The third kappa shape index (κ3) is 3.95. The fraction of sp³-hybridized carbons (Fsp3) is 0.625. The van der Waals surface area contributed by atoms with E-state index in [1.807, 2.05) is 0 Å². The molecule has 3 rings (SSSR count). The van der Waals surface area contributed by atoms with Crippen molar-refractivity contribution in [3.63, 3.8) is 0 Å². The van der Waals surface area contributed by atoms with Crippen molar-refractivity contribution in [1.82, 2.24) is 18.5 Å². The van der Waals surface area contributed by atoms with Crippen LogP contribution in [0.4, 0.5) is 5.82 Å². The fourth-order valence-corrected chi connectivity index (χ4v) is 5.04. The van der Waals surface area contributed by atoms with Crippen LogP contribution in [-0.2, 0) is 10.2 Å². The van der Waals surface area contributed by atoms with Gasteiger partial charge in [-0.25, -0.2) is 4.98 Å². The molecule has 0 unspecified atom stereocenters. The number of hydrogen-bond acceptors (Lipinski definition) is 5. The number of rotatable bonds is 3. The van der Waals surface area contributed by atoms with Gasteiger partial charge in [-0.2, -0.15) is 17.0 Å². The van der Waals surface area contributed by atoms with E-state index >= 15 is 0 Å². The molecule has 0 radical (unpaired) electrons. The largest absolute Gasteiger partial charge is 0.382 e. The first kappa shape index (κ1) is 19.3. The Kier molecular flexibility index (Phi) is 5.71. The smallest absolute Gasteiger partial charge is 0.282 e. The van der Waals surface area contributed by atoms with Crippen molar-refractivity contribution in [2.75, 3.05) is 45.0 Å². The summed E-state index contributed by atoms with van der Waals surface area (Å²) >= 11 is 5.92. The minimum atomic E-state index is -3.46. The molecule has 0 aromatic carbocycles. The van der Waals surface area contributed by atoms with E-state index in [1.54, 1.807) is 9.21 Å². The average Bonchev–Trinajstić information content (AvgIpc) is 2.64. The first-order valence-electron chi connectivity index (χ1n) is 8.74. The molecular weight excluding hydrogens is 378 g/mol. The molecule has 2 fully saturated rings. The molecule has 0 bridgehead atoms. The van der Waals surface area contributed by atoms with Gasteiger partial charge in [-0.3, -0.25) is 4.79 Å². The molecule has 3 heterocycles. The number of halogens is 1. The number of nitrogen functional groups attached to an aromatic ring is 1. The van der Waals surface area contributed by atoms with Crippen molar-refractivity contribution in [2.24, 2.45) is 5.92 Å². The molecule has 1 amide bonds. The first-order chi connectivity index (χ1) is 12.3. The number of pyridine rings is 1. The molecule has 8 nitrogen and oxygen atoms in total. The van der Waals surface area contributed by atoms with Gasteiger partial charge in [-0.1, -0.05) is 18.5 Å². The molecule has 10 heteroatoms. The Bertz CT molecular complexity index is 772. The Morgan fingerprint density at radius 2 is 1.73 bits per heavy atom. The van der Waals surface area contributed by atoms with E-state index in [2.05, 4.69) is 11.9 Å². The molecule has 0 atom stereocenters. The van der Waals surface area contributed by atoms with Crippen LogP contribution in [0.3, 0.4) is 0 Å². The predicted octanol–water partition coefficient (Wildman–Crippen LogP) is 1.05. The van der Waals surface area contributed by atoms with Gasteiger partial charge in [-0.05, 0) is 24.8 Å². The Balaban J connectivity index is 1.61. The monoisotopic (exact) mass is 401 g/mol. The van der Waals surface area contributed by atoms with E-state index in [0.717, 1.165) is 12.8 Å². The summed E-state index contributed by atoms with van der Waals surface area (Å²) in [6.07, 6.45) is 3.17. The van der Waals surface area contributed by atoms with Crippen LogP contribution in [0, 0.1) is 5.92 Å². The van der Waals surface area contributed by atoms with Crippen LogP contribution < -0.4 is 5.73 Å². The zero-order valence-corrected chi connectivity index (χ0v) is 16.3. The summed E-state index contributed by atoms with van der Waals surface area (Å²) in [5.41, 5.74) is 5.92. The van der Waals surface area contributed by atoms with E-state index in [9.17, 15) is 13.2 Å². The Morgan fingerprint density at radius 1 is 1.15 bits per heavy atom. The second-order valence-electron chi connectivity index (χ2n) is 6.87. The summed E-state index contributed by atoms with van der Waals surface area (Å²) in [4.78, 5) is 18.1. The third-order valence-electron chi connectivity index (χ3n) is 5.04. The Hall–Kier alpha value is -1.42. The summed E-state index contributed by atoms with van der Waals surface area (Å²) < 4.78 is 28.6. The van der Waals surface area contributed by atoms with Crippen molar-refractivity contribution in [2.45, 2.75) is 19.8 Å². The number of hydrogen-bond donors (Lipinski definition) is 1. The summed E-state index contributed by atoms with van der Waals surface area (Å²) in [6, 6.07) is 1.49. The zero-order valence-electron chi connectivity index (χ0n) is 14.8. The van der Waals surface area contributed by atoms with Gasteiger partial charge in [0.25, 0.3) is 16.1 Å². The number of nitrogens with zero attached hydrogens (tertiary/aromatic N) is 4. The molecule has 2 N–H and O–H groups in total. The Labute approximate surface area is 159 Å². The van der Waals surface area contributed by atoms with Gasteiger partial charge >= 0.3 is 0 Å². The molecule has 0 aliphatic carbocycles. The van der Waals surface area contributed by atoms with Gasteiger partial charge < -0.3 is 10.6 Å². The van der Waals surface area contributed by atoms with Crippen molar-refractivity contribution in [3.05, 3.63) is 22.8 Å². The lowest BCUT2D eigenvalue weighted by Gasteiger charge is -2.38. The van der Waals surface area contributed by atoms with Crippen molar-refractivity contribution < 1.29 is 13.2 Å². The highest BCUT2D eigenvalue weighted by molar-refractivity contribution is 7.86. The van der Waals surface area contributed by atoms with Crippen LogP contribution in [0.25, 0.3) is 0 Å². The lowest BCUT2D eigenvalue weighted by atomic mass is 10.0. The van der Waals surface area contributed by atoms with E-state index in [-0.39, 0.29) is 29.8 Å². The molecule has 2 aliphatic heterocycles. The quantitative estimate of drug-likeness (QED) is 0.816. The third-order valence-corrected chi connectivity index (χ3v) is 7.38. The van der Waals surface area contributed by atoms with Crippen molar-refractivity contribution in [1.29, 1.82) is 0 Å². The number of nitrogens with two attached hydrogens (primary N) is 1. The van der Waals surface area contributed by atoms with E-state index in [1.165, 1.54) is 16.6 Å². The first-order valence-corrected chi connectivity index (χ1v) is 10.5. The van der Waals surface area contributed by atoms with Gasteiger partial charge in [0.2, 0.25) is 0 Å². The van der Waals surface area contributed by atoms with Gasteiger partial charge in [0.15, 0.2) is 0 Å². The topological polar surface area (TPSA) is 99.8 Å². The minimum Gasteiger partial charge on any atom is -0.382 e. The fourth-order valence-electron chi connectivity index (χ4n) is 3.25. The number of anilines is 1. The number of carbonyl (C=O) groups is 1. The summed E-state index contributed by atoms with van der Waals surface area (Å²) in [6.45, 7) is 4.53. The highest BCUT2D eigenvalue weighted by atomic mass is 35.5. The minimum absolute atomic E-state index is 0.176. The van der Waals surface area contributed by atoms with Crippen LogP contribution in [0.2, 0.25) is 5.02 Å². The van der Waals surface area contributed by atoms with E-state index in [0.29, 0.717) is 37.7 Å². The number of carbonyl (C=O) groups excluding carboxylic acids is 1. The van der Waals surface area contributed by atoms with Crippen LogP contribution in [0.1, 0.15) is 30.1 Å². The number of piperazine rings is 1. The lowest BCUT2D eigenvalue weighted by molar-refractivity contribution is 0.0692. The second-order valence-corrected chi connectivity index (χ2v) is 9.21. The van der Waals surface area contributed by atoms with Crippen LogP contribution in [-0.4, -0.2) is 72.1 Å². The maximum Gasteiger partial charge on any atom is 0.282 e. The number of piperidine rings is 1. The molecule has 2 aliphatic rings. The second kappa shape index (κ2) is 7.67. The van der Waals surface area contributed by atoms with Gasteiger partial charge in [0.1, 0.15) is 5.82 Å². The highest BCUT2D eigenvalue weighted by Crippen LogP contribution is 2.22. The summed E-state index contributed by atoms with van der Waals surface area (Å²) in [5, 5.41) is 0.233. The van der Waals surface area contributed by atoms with Gasteiger partial charge in [-0.15, -0.1) is 0 Å². The Morgan fingerprint density at radius 3 is 2.31 bits per heavy atom.